The summed E-state index contributed by atoms with van der Waals surface area (Å²) in [6.07, 6.45) is 3.94. The molecule has 0 saturated heterocycles. The third-order valence-corrected chi connectivity index (χ3v) is 4.47. The summed E-state index contributed by atoms with van der Waals surface area (Å²) in [4.78, 5) is 8.17. The van der Waals surface area contributed by atoms with Crippen LogP contribution in [0.4, 0.5) is 0 Å². The molecule has 1 heterocycles. The molecular formula is C13H23N3S. The predicted octanol–water partition coefficient (Wildman–Crippen LogP) is 2.41. The molecule has 1 unspecified atom stereocenters. The Hall–Kier alpha value is -0.450. The molecular weight excluding hydrogens is 230 g/mol. The van der Waals surface area contributed by atoms with Crippen molar-refractivity contribution in [3.8, 4) is 0 Å². The normalized spacial score (nSPS) is 17.6. The molecule has 0 bridgehead atoms. The van der Waals surface area contributed by atoms with E-state index in [4.69, 9.17) is 0 Å². The van der Waals surface area contributed by atoms with E-state index < -0.39 is 0 Å². The first-order valence-electron chi connectivity index (χ1n) is 6.53. The van der Waals surface area contributed by atoms with Crippen molar-refractivity contribution < 1.29 is 0 Å². The maximum absolute atomic E-state index is 4.32. The number of nitrogens with one attached hydrogen (secondary N) is 1. The summed E-state index contributed by atoms with van der Waals surface area (Å²) in [6, 6.07) is 1.44. The smallest absolute Gasteiger partial charge is 0.0798 e. The monoisotopic (exact) mass is 253 g/mol. The number of hydrogen-bond acceptors (Lipinski definition) is 4. The molecule has 1 saturated carbocycles. The molecule has 1 aromatic heterocycles. The summed E-state index contributed by atoms with van der Waals surface area (Å²) >= 11 is 1.77. The van der Waals surface area contributed by atoms with Gasteiger partial charge in [0.2, 0.25) is 0 Å². The Morgan fingerprint density at radius 3 is 2.88 bits per heavy atom. The first-order chi connectivity index (χ1) is 8.20. The molecule has 96 valence electrons. The number of aryl methyl sites for hydroxylation is 1. The molecule has 2 rings (SSSR count). The van der Waals surface area contributed by atoms with Gasteiger partial charge in [-0.2, -0.15) is 0 Å². The summed E-state index contributed by atoms with van der Waals surface area (Å²) < 4.78 is 0. The van der Waals surface area contributed by atoms with Crippen LogP contribution < -0.4 is 5.32 Å². The lowest BCUT2D eigenvalue weighted by Crippen LogP contribution is -2.39. The lowest BCUT2D eigenvalue weighted by molar-refractivity contribution is 0.222. The highest BCUT2D eigenvalue weighted by atomic mass is 32.1. The highest BCUT2D eigenvalue weighted by molar-refractivity contribution is 7.09. The zero-order valence-electron chi connectivity index (χ0n) is 11.1. The number of thiazole rings is 1. The molecule has 1 fully saturated rings. The first kappa shape index (κ1) is 13.0. The van der Waals surface area contributed by atoms with E-state index in [1.165, 1.54) is 29.8 Å². The molecule has 17 heavy (non-hydrogen) atoms. The van der Waals surface area contributed by atoms with Gasteiger partial charge >= 0.3 is 0 Å². The molecule has 0 radical (unpaired) electrons. The Bertz CT molecular complexity index is 346. The van der Waals surface area contributed by atoms with Gasteiger partial charge in [0, 0.05) is 30.1 Å². The van der Waals surface area contributed by atoms with Gasteiger partial charge in [-0.25, -0.2) is 4.98 Å². The van der Waals surface area contributed by atoms with Gasteiger partial charge in [-0.1, -0.05) is 6.92 Å². The van der Waals surface area contributed by atoms with Gasteiger partial charge in [-0.05, 0) is 33.2 Å². The number of likely N-dealkylation sites (N-methyl/N-ethyl adjacent to an activating group) is 1. The number of rotatable bonds is 7. The largest absolute Gasteiger partial charge is 0.312 e. The number of nitrogens with zero attached hydrogens (tertiary/aromatic N) is 2. The minimum atomic E-state index is 0.636. The van der Waals surface area contributed by atoms with Crippen molar-refractivity contribution in [1.82, 2.24) is 15.2 Å². The Morgan fingerprint density at radius 2 is 2.35 bits per heavy atom. The van der Waals surface area contributed by atoms with E-state index in [-0.39, 0.29) is 0 Å². The van der Waals surface area contributed by atoms with Crippen molar-refractivity contribution in [1.29, 1.82) is 0 Å². The Morgan fingerprint density at radius 1 is 1.59 bits per heavy atom. The van der Waals surface area contributed by atoms with Crippen molar-refractivity contribution in [3.63, 3.8) is 0 Å². The van der Waals surface area contributed by atoms with Crippen molar-refractivity contribution in [2.75, 3.05) is 13.6 Å². The van der Waals surface area contributed by atoms with Crippen LogP contribution in [0.3, 0.4) is 0 Å². The van der Waals surface area contributed by atoms with Crippen LogP contribution in [0, 0.1) is 6.92 Å². The van der Waals surface area contributed by atoms with E-state index in [1.807, 2.05) is 5.51 Å². The number of aromatic nitrogens is 1. The van der Waals surface area contributed by atoms with Crippen LogP contribution in [0.15, 0.2) is 5.51 Å². The van der Waals surface area contributed by atoms with Crippen LogP contribution >= 0.6 is 11.3 Å². The quantitative estimate of drug-likeness (QED) is 0.809. The van der Waals surface area contributed by atoms with E-state index >= 15 is 0 Å². The predicted molar refractivity (Wildman–Crippen MR) is 73.4 cm³/mol. The Balaban J connectivity index is 1.82. The first-order valence-corrected chi connectivity index (χ1v) is 7.41. The van der Waals surface area contributed by atoms with Gasteiger partial charge in [0.15, 0.2) is 0 Å². The molecule has 0 aliphatic heterocycles. The van der Waals surface area contributed by atoms with Gasteiger partial charge in [-0.3, -0.25) is 4.90 Å². The zero-order chi connectivity index (χ0) is 12.3. The lowest BCUT2D eigenvalue weighted by atomic mass is 10.2. The van der Waals surface area contributed by atoms with Crippen LogP contribution in [0.1, 0.15) is 36.8 Å². The van der Waals surface area contributed by atoms with E-state index in [9.17, 15) is 0 Å². The van der Waals surface area contributed by atoms with Crippen LogP contribution in [0.5, 0.6) is 0 Å². The third kappa shape index (κ3) is 3.76. The van der Waals surface area contributed by atoms with Crippen molar-refractivity contribution in [2.45, 2.75) is 51.7 Å². The van der Waals surface area contributed by atoms with Crippen LogP contribution in [-0.2, 0) is 6.54 Å². The van der Waals surface area contributed by atoms with Crippen molar-refractivity contribution in [2.24, 2.45) is 0 Å². The van der Waals surface area contributed by atoms with E-state index in [2.05, 4.69) is 36.1 Å². The molecule has 3 nitrogen and oxygen atoms in total. The van der Waals surface area contributed by atoms with E-state index in [1.54, 1.807) is 11.3 Å². The molecule has 0 aromatic carbocycles. The summed E-state index contributed by atoms with van der Waals surface area (Å²) in [5, 5.41) is 3.63. The number of hydrogen-bond donors (Lipinski definition) is 1. The highest BCUT2D eigenvalue weighted by Gasteiger charge is 2.23. The summed E-state index contributed by atoms with van der Waals surface area (Å²) in [5.41, 5.74) is 3.13. The minimum Gasteiger partial charge on any atom is -0.312 e. The minimum absolute atomic E-state index is 0.636. The summed E-state index contributed by atoms with van der Waals surface area (Å²) in [7, 11) is 2.22. The maximum atomic E-state index is 4.32. The average Bonchev–Trinajstić information content (AvgIpc) is 3.05. The Kier molecular flexibility index (Phi) is 4.54. The Labute approximate surface area is 108 Å². The highest BCUT2D eigenvalue weighted by Crippen LogP contribution is 2.20. The molecule has 1 aliphatic carbocycles. The third-order valence-electron chi connectivity index (χ3n) is 3.55. The molecule has 4 heteroatoms. The van der Waals surface area contributed by atoms with Gasteiger partial charge in [0.05, 0.1) is 11.2 Å². The van der Waals surface area contributed by atoms with Crippen LogP contribution in [0.25, 0.3) is 0 Å². The zero-order valence-corrected chi connectivity index (χ0v) is 11.9. The molecule has 0 amide bonds. The summed E-state index contributed by atoms with van der Waals surface area (Å²) in [5.74, 6) is 0. The van der Waals surface area contributed by atoms with Gasteiger partial charge in [-0.15, -0.1) is 11.3 Å². The molecule has 1 N–H and O–H groups in total. The fourth-order valence-electron chi connectivity index (χ4n) is 2.04. The van der Waals surface area contributed by atoms with Crippen LogP contribution in [-0.4, -0.2) is 35.6 Å². The maximum Gasteiger partial charge on any atom is 0.0798 e. The SMILES string of the molecule is CCC(CNC1CC1)N(C)Cc1scnc1C. The van der Waals surface area contributed by atoms with Crippen LogP contribution in [0.2, 0.25) is 0 Å². The van der Waals surface area contributed by atoms with Gasteiger partial charge in [0.1, 0.15) is 0 Å². The molecule has 1 atom stereocenters. The van der Waals surface area contributed by atoms with Crippen molar-refractivity contribution in [3.05, 3.63) is 16.1 Å². The van der Waals surface area contributed by atoms with E-state index in [0.717, 1.165) is 19.1 Å². The average molecular weight is 253 g/mol. The molecule has 0 spiro atoms. The molecule has 1 aromatic rings. The van der Waals surface area contributed by atoms with Crippen molar-refractivity contribution >= 4 is 11.3 Å². The van der Waals surface area contributed by atoms with Gasteiger partial charge < -0.3 is 5.32 Å². The molecule has 1 aliphatic rings. The lowest BCUT2D eigenvalue weighted by Gasteiger charge is -2.27. The standard InChI is InChI=1S/C13H23N3S/c1-4-12(7-14-11-5-6-11)16(3)8-13-10(2)15-9-17-13/h9,11-12,14H,4-8H2,1-3H3. The second-order valence-electron chi connectivity index (χ2n) is 5.02. The van der Waals surface area contributed by atoms with E-state index in [0.29, 0.717) is 6.04 Å². The second-order valence-corrected chi connectivity index (χ2v) is 5.96. The fraction of sp³-hybridized carbons (Fsp3) is 0.769. The summed E-state index contributed by atoms with van der Waals surface area (Å²) in [6.45, 7) is 6.52. The fourth-order valence-corrected chi connectivity index (χ4v) is 2.88. The second kappa shape index (κ2) is 5.94. The van der Waals surface area contributed by atoms with Gasteiger partial charge in [0.25, 0.3) is 0 Å². The topological polar surface area (TPSA) is 28.2 Å².